The van der Waals surface area contributed by atoms with E-state index in [4.69, 9.17) is 9.47 Å². The molecule has 1 rings (SSSR count). The highest BCUT2D eigenvalue weighted by Crippen LogP contribution is 2.11. The van der Waals surface area contributed by atoms with Crippen LogP contribution in [0.3, 0.4) is 0 Å². The Kier molecular flexibility index (Phi) is 13.9. The van der Waals surface area contributed by atoms with Crippen molar-refractivity contribution in [3.8, 4) is 5.75 Å². The fraction of sp³-hybridized carbons (Fsp3) is 0.562. The van der Waals surface area contributed by atoms with Crippen molar-refractivity contribution in [2.45, 2.75) is 19.9 Å². The van der Waals surface area contributed by atoms with Crippen LogP contribution in [0.1, 0.15) is 18.9 Å². The van der Waals surface area contributed by atoms with Gasteiger partial charge in [-0.25, -0.2) is 4.99 Å². The summed E-state index contributed by atoms with van der Waals surface area (Å²) in [5.74, 6) is 1.03. The van der Waals surface area contributed by atoms with E-state index < -0.39 is 0 Å². The molecule has 1 aromatic rings. The zero-order valence-corrected chi connectivity index (χ0v) is 16.2. The van der Waals surface area contributed by atoms with Gasteiger partial charge in [0, 0.05) is 26.8 Å². The predicted octanol–water partition coefficient (Wildman–Crippen LogP) is 2.12. The van der Waals surface area contributed by atoms with Crippen molar-refractivity contribution in [3.05, 3.63) is 29.8 Å². The lowest BCUT2D eigenvalue weighted by molar-refractivity contribution is 0.0698. The molecule has 0 aliphatic rings. The number of methoxy groups -OCH3 is 1. The molecule has 3 N–H and O–H groups in total. The number of benzene rings is 1. The van der Waals surface area contributed by atoms with E-state index >= 15 is 0 Å². The van der Waals surface area contributed by atoms with Gasteiger partial charge >= 0.3 is 0 Å². The summed E-state index contributed by atoms with van der Waals surface area (Å²) in [5.41, 5.74) is 0.972. The van der Waals surface area contributed by atoms with E-state index in [9.17, 15) is 5.11 Å². The third kappa shape index (κ3) is 11.2. The van der Waals surface area contributed by atoms with Crippen LogP contribution in [0.2, 0.25) is 0 Å². The van der Waals surface area contributed by atoms with Crippen LogP contribution in [0.5, 0.6) is 5.75 Å². The van der Waals surface area contributed by atoms with Gasteiger partial charge < -0.3 is 25.2 Å². The van der Waals surface area contributed by atoms with E-state index in [1.54, 1.807) is 19.2 Å². The van der Waals surface area contributed by atoms with E-state index in [0.717, 1.165) is 31.0 Å². The third-order valence-corrected chi connectivity index (χ3v) is 2.86. The van der Waals surface area contributed by atoms with E-state index in [1.165, 1.54) is 0 Å². The summed E-state index contributed by atoms with van der Waals surface area (Å²) in [4.78, 5) is 4.49. The second-order valence-electron chi connectivity index (χ2n) is 4.75. The van der Waals surface area contributed by atoms with Gasteiger partial charge in [0.1, 0.15) is 5.75 Å². The monoisotopic (exact) mass is 437 g/mol. The Bertz CT molecular complexity index is 444. The Labute approximate surface area is 155 Å². The van der Waals surface area contributed by atoms with Gasteiger partial charge in [-0.2, -0.15) is 0 Å². The number of guanidine groups is 1. The molecule has 132 valence electrons. The molecule has 0 amide bonds. The number of halogens is 1. The number of nitrogens with zero attached hydrogens (tertiary/aromatic N) is 1. The number of hydrogen-bond acceptors (Lipinski definition) is 4. The van der Waals surface area contributed by atoms with Crippen LogP contribution in [0, 0.1) is 0 Å². The molecular formula is C16H28IN3O3. The molecule has 0 spiro atoms. The topological polar surface area (TPSA) is 75.1 Å². The maximum absolute atomic E-state index is 9.44. The molecule has 0 aliphatic carbocycles. The van der Waals surface area contributed by atoms with Crippen LogP contribution in [-0.4, -0.2) is 51.1 Å². The summed E-state index contributed by atoms with van der Waals surface area (Å²) in [6, 6.07) is 7.13. The van der Waals surface area contributed by atoms with Crippen molar-refractivity contribution in [2.24, 2.45) is 4.99 Å². The number of phenols is 1. The molecule has 6 nitrogen and oxygen atoms in total. The lowest BCUT2D eigenvalue weighted by Gasteiger charge is -2.11. The van der Waals surface area contributed by atoms with Crippen LogP contribution in [-0.2, 0) is 16.0 Å². The second-order valence-corrected chi connectivity index (χ2v) is 4.75. The molecule has 0 aromatic heterocycles. The molecule has 0 bridgehead atoms. The largest absolute Gasteiger partial charge is 0.508 e. The van der Waals surface area contributed by atoms with Gasteiger partial charge in [-0.3, -0.25) is 0 Å². The number of ether oxygens (including phenoxy) is 2. The quantitative estimate of drug-likeness (QED) is 0.226. The highest BCUT2D eigenvalue weighted by Gasteiger charge is 1.98. The van der Waals surface area contributed by atoms with Gasteiger partial charge in [0.15, 0.2) is 5.96 Å². The first-order valence-corrected chi connectivity index (χ1v) is 7.63. The molecule has 1 aromatic carbocycles. The van der Waals surface area contributed by atoms with Crippen molar-refractivity contribution in [1.82, 2.24) is 10.6 Å². The van der Waals surface area contributed by atoms with Crippen molar-refractivity contribution >= 4 is 29.9 Å². The lowest BCUT2D eigenvalue weighted by atomic mass is 10.2. The maximum Gasteiger partial charge on any atom is 0.191 e. The fourth-order valence-electron chi connectivity index (χ4n) is 1.79. The van der Waals surface area contributed by atoms with Gasteiger partial charge in [-0.05, 0) is 31.0 Å². The summed E-state index contributed by atoms with van der Waals surface area (Å²) in [5, 5.41) is 15.9. The Morgan fingerprint density at radius 2 is 2.04 bits per heavy atom. The zero-order valence-electron chi connectivity index (χ0n) is 13.9. The third-order valence-electron chi connectivity index (χ3n) is 2.86. The first-order valence-electron chi connectivity index (χ1n) is 7.63. The minimum atomic E-state index is 0. The summed E-state index contributed by atoms with van der Waals surface area (Å²) in [7, 11) is 1.66. The summed E-state index contributed by atoms with van der Waals surface area (Å²) < 4.78 is 10.3. The second kappa shape index (κ2) is 14.5. The standard InChI is InChI=1S/C16H27N3O3.HI/c1-3-17-16(18-8-5-9-22-11-10-21-2)19-13-14-6-4-7-15(20)12-14;/h4,6-7,12,20H,3,5,8-11,13H2,1-2H3,(H2,17,18,19);1H. The molecule has 23 heavy (non-hydrogen) atoms. The molecule has 0 fully saturated rings. The first kappa shape index (κ1) is 21.9. The Hall–Kier alpha value is -1.06. The van der Waals surface area contributed by atoms with Crippen LogP contribution in [0.25, 0.3) is 0 Å². The molecule has 0 saturated heterocycles. The average molecular weight is 437 g/mol. The minimum Gasteiger partial charge on any atom is -0.508 e. The van der Waals surface area contributed by atoms with E-state index in [0.29, 0.717) is 26.4 Å². The molecule has 7 heteroatoms. The predicted molar refractivity (Wildman–Crippen MR) is 104 cm³/mol. The van der Waals surface area contributed by atoms with Crippen molar-refractivity contribution < 1.29 is 14.6 Å². The first-order chi connectivity index (χ1) is 10.8. The Morgan fingerprint density at radius 3 is 2.74 bits per heavy atom. The summed E-state index contributed by atoms with van der Waals surface area (Å²) >= 11 is 0. The SMILES string of the molecule is CCNC(=NCc1cccc(O)c1)NCCCOCCOC.I. The molecule has 0 atom stereocenters. The number of nitrogens with one attached hydrogen (secondary N) is 2. The lowest BCUT2D eigenvalue weighted by Crippen LogP contribution is -2.38. The van der Waals surface area contributed by atoms with Crippen LogP contribution >= 0.6 is 24.0 Å². The number of hydrogen-bond donors (Lipinski definition) is 3. The smallest absolute Gasteiger partial charge is 0.191 e. The van der Waals surface area contributed by atoms with Crippen LogP contribution in [0.15, 0.2) is 29.3 Å². The Morgan fingerprint density at radius 1 is 1.22 bits per heavy atom. The van der Waals surface area contributed by atoms with E-state index in [-0.39, 0.29) is 29.7 Å². The van der Waals surface area contributed by atoms with Crippen molar-refractivity contribution in [1.29, 1.82) is 0 Å². The minimum absolute atomic E-state index is 0. The van der Waals surface area contributed by atoms with Crippen molar-refractivity contribution in [2.75, 3.05) is 40.0 Å². The van der Waals surface area contributed by atoms with Crippen molar-refractivity contribution in [3.63, 3.8) is 0 Å². The number of aromatic hydroxyl groups is 1. The van der Waals surface area contributed by atoms with Crippen LogP contribution < -0.4 is 10.6 Å². The van der Waals surface area contributed by atoms with Gasteiger partial charge in [-0.15, -0.1) is 24.0 Å². The van der Waals surface area contributed by atoms with Gasteiger partial charge in [-0.1, -0.05) is 12.1 Å². The average Bonchev–Trinajstić information content (AvgIpc) is 2.51. The molecule has 0 heterocycles. The normalized spacial score (nSPS) is 11.0. The maximum atomic E-state index is 9.44. The fourth-order valence-corrected chi connectivity index (χ4v) is 1.79. The number of phenolic OH excluding ortho intramolecular Hbond substituents is 1. The van der Waals surface area contributed by atoms with Gasteiger partial charge in [0.25, 0.3) is 0 Å². The van der Waals surface area contributed by atoms with E-state index in [1.807, 2.05) is 19.1 Å². The van der Waals surface area contributed by atoms with E-state index in [2.05, 4.69) is 15.6 Å². The van der Waals surface area contributed by atoms with Gasteiger partial charge in [0.2, 0.25) is 0 Å². The molecule has 0 unspecified atom stereocenters. The summed E-state index contributed by atoms with van der Waals surface area (Å²) in [6.45, 7) is 6.09. The summed E-state index contributed by atoms with van der Waals surface area (Å²) in [6.07, 6.45) is 0.903. The zero-order chi connectivity index (χ0) is 16.0. The highest BCUT2D eigenvalue weighted by molar-refractivity contribution is 14.0. The molecule has 0 aliphatic heterocycles. The highest BCUT2D eigenvalue weighted by atomic mass is 127. The number of aliphatic imine (C=N–C) groups is 1. The molecule has 0 saturated carbocycles. The molecule has 0 radical (unpaired) electrons. The molecular weight excluding hydrogens is 409 g/mol. The van der Waals surface area contributed by atoms with Crippen LogP contribution in [0.4, 0.5) is 0 Å². The Balaban J connectivity index is 0.00000484. The number of rotatable bonds is 10. The van der Waals surface area contributed by atoms with Gasteiger partial charge in [0.05, 0.1) is 19.8 Å².